The Morgan fingerprint density at radius 1 is 1.02 bits per heavy atom. The summed E-state index contributed by atoms with van der Waals surface area (Å²) in [4.78, 5) is 49.7. The number of pyridine rings is 2. The molecule has 0 fully saturated rings. The van der Waals surface area contributed by atoms with Crippen LogP contribution in [0.2, 0.25) is 0 Å². The van der Waals surface area contributed by atoms with E-state index in [0.717, 1.165) is 24.2 Å². The number of nitrogens with zero attached hydrogens (tertiary/aromatic N) is 5. The van der Waals surface area contributed by atoms with Gasteiger partial charge in [0.1, 0.15) is 0 Å². The first-order valence-corrected chi connectivity index (χ1v) is 14.1. The molecule has 3 aromatic rings. The molecule has 11 heteroatoms. The maximum absolute atomic E-state index is 13.0. The van der Waals surface area contributed by atoms with E-state index in [1.54, 1.807) is 56.5 Å². The van der Waals surface area contributed by atoms with Crippen molar-refractivity contribution in [3.63, 3.8) is 0 Å². The van der Waals surface area contributed by atoms with E-state index in [4.69, 9.17) is 4.74 Å². The topological polar surface area (TPSA) is 121 Å². The van der Waals surface area contributed by atoms with Crippen LogP contribution >= 0.6 is 0 Å². The number of aliphatic imine (C=N–C) groups is 1. The number of carbonyl (C=O) groups excluding carboxylic acids is 2. The summed E-state index contributed by atoms with van der Waals surface area (Å²) in [6.07, 6.45) is 2.63. The quantitative estimate of drug-likeness (QED) is 0.287. The van der Waals surface area contributed by atoms with Gasteiger partial charge in [0.05, 0.1) is 23.6 Å². The number of hydrogen-bond donors (Lipinski definition) is 2. The molecular formula is C31H43N7O4. The number of ether oxygens (including phenoxy) is 1. The number of aryl methyl sites for hydroxylation is 1. The molecule has 0 unspecified atom stereocenters. The van der Waals surface area contributed by atoms with Crippen LogP contribution in [-0.4, -0.2) is 84.7 Å². The zero-order valence-electron chi connectivity index (χ0n) is 25.9. The Labute approximate surface area is 248 Å². The van der Waals surface area contributed by atoms with Gasteiger partial charge in [-0.2, -0.15) is 0 Å². The van der Waals surface area contributed by atoms with Crippen molar-refractivity contribution in [1.29, 1.82) is 0 Å². The summed E-state index contributed by atoms with van der Waals surface area (Å²) in [5.41, 5.74) is 3.77. The first-order valence-electron chi connectivity index (χ1n) is 14.1. The maximum atomic E-state index is 13.0. The first-order chi connectivity index (χ1) is 20.2. The minimum atomic E-state index is -0.635. The molecule has 0 bridgehead atoms. The smallest absolute Gasteiger partial charge is 0.413 e. The Bertz CT molecular complexity index is 1420. The Morgan fingerprint density at radius 3 is 2.33 bits per heavy atom. The van der Waals surface area contributed by atoms with Gasteiger partial charge in [0.25, 0.3) is 11.5 Å². The molecule has 0 aliphatic heterocycles. The molecule has 0 saturated heterocycles. The van der Waals surface area contributed by atoms with Crippen molar-refractivity contribution in [2.24, 2.45) is 12.0 Å². The van der Waals surface area contributed by atoms with Gasteiger partial charge in [-0.15, -0.1) is 0 Å². The number of rotatable bonds is 9. The van der Waals surface area contributed by atoms with E-state index in [0.29, 0.717) is 29.1 Å². The highest BCUT2D eigenvalue weighted by Crippen LogP contribution is 2.32. The van der Waals surface area contributed by atoms with Gasteiger partial charge < -0.3 is 24.4 Å². The summed E-state index contributed by atoms with van der Waals surface area (Å²) in [6.45, 7) is 10.3. The number of nitrogens with one attached hydrogen (secondary N) is 2. The maximum Gasteiger partial charge on any atom is 0.413 e. The molecule has 0 aliphatic carbocycles. The van der Waals surface area contributed by atoms with Gasteiger partial charge in [-0.25, -0.2) is 4.79 Å². The van der Waals surface area contributed by atoms with Crippen molar-refractivity contribution >= 4 is 23.6 Å². The summed E-state index contributed by atoms with van der Waals surface area (Å²) in [5.74, 6) is 0.0707. The van der Waals surface area contributed by atoms with Crippen LogP contribution in [0.4, 0.5) is 10.5 Å². The van der Waals surface area contributed by atoms with E-state index in [2.05, 4.69) is 32.4 Å². The molecule has 0 aliphatic rings. The van der Waals surface area contributed by atoms with Crippen LogP contribution in [0.15, 0.2) is 64.6 Å². The van der Waals surface area contributed by atoms with Crippen LogP contribution in [-0.2, 0) is 11.8 Å². The lowest BCUT2D eigenvalue weighted by molar-refractivity contribution is 0.0783. The van der Waals surface area contributed by atoms with Gasteiger partial charge in [-0.05, 0) is 62.0 Å². The Morgan fingerprint density at radius 2 is 1.74 bits per heavy atom. The molecule has 11 nitrogen and oxygen atoms in total. The van der Waals surface area contributed by atoms with E-state index in [-0.39, 0.29) is 24.0 Å². The molecule has 2 N–H and O–H groups in total. The minimum absolute atomic E-state index is 0.116. The zero-order chi connectivity index (χ0) is 31.2. The second kappa shape index (κ2) is 16.7. The molecule has 3 rings (SSSR count). The van der Waals surface area contributed by atoms with E-state index in [1.807, 2.05) is 45.2 Å². The Hall–Kier alpha value is -4.51. The fourth-order valence-electron chi connectivity index (χ4n) is 3.79. The predicted octanol–water partition coefficient (Wildman–Crippen LogP) is 4.31. The number of hydrogen-bond acceptors (Lipinski definition) is 7. The van der Waals surface area contributed by atoms with Gasteiger partial charge in [0, 0.05) is 58.3 Å². The molecule has 1 aromatic carbocycles. The van der Waals surface area contributed by atoms with Gasteiger partial charge >= 0.3 is 6.09 Å². The van der Waals surface area contributed by atoms with Gasteiger partial charge in [-0.1, -0.05) is 26.8 Å². The van der Waals surface area contributed by atoms with Gasteiger partial charge in [0.15, 0.2) is 0 Å². The van der Waals surface area contributed by atoms with Crippen molar-refractivity contribution < 1.29 is 14.3 Å². The molecule has 0 saturated carbocycles. The first kappa shape index (κ1) is 33.7. The van der Waals surface area contributed by atoms with Crippen molar-refractivity contribution in [2.45, 2.75) is 27.7 Å². The largest absolute Gasteiger partial charge is 0.450 e. The van der Waals surface area contributed by atoms with Crippen LogP contribution in [0.25, 0.3) is 22.4 Å². The lowest BCUT2D eigenvalue weighted by Gasteiger charge is -2.21. The molecule has 0 radical (unpaired) electrons. The predicted molar refractivity (Wildman–Crippen MR) is 169 cm³/mol. The minimum Gasteiger partial charge on any atom is -0.450 e. The number of aromatic nitrogens is 2. The van der Waals surface area contributed by atoms with Crippen molar-refractivity contribution in [3.8, 4) is 22.4 Å². The SMILES string of the molecule is CC.CCOC(=O)NC(=NC)Nc1ccc(-c2ccn(C)c(=O)c2)cc1-c1ccc(C(=O)N(C)CCN(C)CC)cn1. The Kier molecular flexibility index (Phi) is 13.4. The number of anilines is 1. The normalized spacial score (nSPS) is 10.9. The average Bonchev–Trinajstić information content (AvgIpc) is 3.01. The summed E-state index contributed by atoms with van der Waals surface area (Å²) >= 11 is 0. The highest BCUT2D eigenvalue weighted by Gasteiger charge is 2.16. The summed E-state index contributed by atoms with van der Waals surface area (Å²) in [5, 5.41) is 5.70. The molecule has 226 valence electrons. The number of amides is 2. The van der Waals surface area contributed by atoms with Crippen molar-refractivity contribution in [3.05, 3.63) is 70.8 Å². The number of benzene rings is 1. The lowest BCUT2D eigenvalue weighted by atomic mass is 10.00. The third-order valence-corrected chi connectivity index (χ3v) is 6.42. The lowest BCUT2D eigenvalue weighted by Crippen LogP contribution is -2.36. The van der Waals surface area contributed by atoms with Crippen LogP contribution in [0.5, 0.6) is 0 Å². The van der Waals surface area contributed by atoms with Crippen LogP contribution in [0.1, 0.15) is 38.1 Å². The third kappa shape index (κ3) is 9.27. The standard InChI is InChI=1S/C29H37N7O4.C2H6/c1-7-34(4)15-16-36(6)27(38)22-10-11-24(31-19-22)23-17-20(21-13-14-35(5)26(37)18-21)9-12-25(23)32-28(30-3)33-29(39)40-8-2;1-2/h9-14,17-19H,7-8,15-16H2,1-6H3,(H2,30,32,33,39);1-2H3. The average molecular weight is 578 g/mol. The fourth-order valence-corrected chi connectivity index (χ4v) is 3.79. The molecule has 0 spiro atoms. The zero-order valence-corrected chi connectivity index (χ0v) is 25.9. The summed E-state index contributed by atoms with van der Waals surface area (Å²) in [6, 6.07) is 12.5. The monoisotopic (exact) mass is 577 g/mol. The van der Waals surface area contributed by atoms with Gasteiger partial charge in [0.2, 0.25) is 5.96 Å². The number of guanidine groups is 1. The van der Waals surface area contributed by atoms with Gasteiger partial charge in [-0.3, -0.25) is 24.9 Å². The molecule has 0 atom stereocenters. The molecular weight excluding hydrogens is 534 g/mol. The van der Waals surface area contributed by atoms with Crippen LogP contribution < -0.4 is 16.2 Å². The van der Waals surface area contributed by atoms with Crippen molar-refractivity contribution in [1.82, 2.24) is 24.7 Å². The third-order valence-electron chi connectivity index (χ3n) is 6.42. The van der Waals surface area contributed by atoms with E-state index in [9.17, 15) is 14.4 Å². The van der Waals surface area contributed by atoms with E-state index >= 15 is 0 Å². The summed E-state index contributed by atoms with van der Waals surface area (Å²) < 4.78 is 6.46. The molecule has 42 heavy (non-hydrogen) atoms. The highest BCUT2D eigenvalue weighted by molar-refractivity contribution is 6.04. The Balaban J connectivity index is 0.00000301. The highest BCUT2D eigenvalue weighted by atomic mass is 16.5. The van der Waals surface area contributed by atoms with Crippen LogP contribution in [0, 0.1) is 0 Å². The number of alkyl carbamates (subject to hydrolysis) is 1. The number of carbonyl (C=O) groups is 2. The van der Waals surface area contributed by atoms with E-state index < -0.39 is 6.09 Å². The molecule has 2 amide bonds. The second-order valence-electron chi connectivity index (χ2n) is 9.22. The van der Waals surface area contributed by atoms with Crippen molar-refractivity contribution in [2.75, 3.05) is 52.7 Å². The molecule has 2 heterocycles. The fraction of sp³-hybridized carbons (Fsp3) is 0.387. The summed E-state index contributed by atoms with van der Waals surface area (Å²) in [7, 11) is 7.02. The molecule has 2 aromatic heterocycles. The number of likely N-dealkylation sites (N-methyl/N-ethyl adjacent to an activating group) is 2. The second-order valence-corrected chi connectivity index (χ2v) is 9.22. The van der Waals surface area contributed by atoms with E-state index in [1.165, 1.54) is 11.6 Å². The van der Waals surface area contributed by atoms with Crippen LogP contribution in [0.3, 0.4) is 0 Å².